The van der Waals surface area contributed by atoms with Crippen LogP contribution in [-0.2, 0) is 6.42 Å². The highest BCUT2D eigenvalue weighted by Gasteiger charge is 2.05. The molecule has 0 aliphatic heterocycles. The Morgan fingerprint density at radius 2 is 2.35 bits per heavy atom. The molecule has 0 amide bonds. The fourth-order valence-electron chi connectivity index (χ4n) is 1.60. The van der Waals surface area contributed by atoms with Crippen LogP contribution in [0.1, 0.15) is 12.5 Å². The van der Waals surface area contributed by atoms with E-state index in [0.29, 0.717) is 6.04 Å². The summed E-state index contributed by atoms with van der Waals surface area (Å²) in [5.74, 6) is 0.895. The van der Waals surface area contributed by atoms with Gasteiger partial charge in [-0.2, -0.15) is 11.3 Å². The Kier molecular flexibility index (Phi) is 4.39. The predicted octanol–water partition coefficient (Wildman–Crippen LogP) is 3.30. The van der Waals surface area contributed by atoms with Gasteiger partial charge in [0.15, 0.2) is 0 Å². The van der Waals surface area contributed by atoms with Crippen LogP contribution < -0.4 is 5.32 Å². The van der Waals surface area contributed by atoms with Gasteiger partial charge >= 0.3 is 0 Å². The number of nitrogens with one attached hydrogen (secondary N) is 1. The summed E-state index contributed by atoms with van der Waals surface area (Å²) in [6.45, 7) is 2.17. The van der Waals surface area contributed by atoms with Gasteiger partial charge in [-0.25, -0.2) is 9.97 Å². The van der Waals surface area contributed by atoms with Crippen LogP contribution in [-0.4, -0.2) is 22.3 Å². The summed E-state index contributed by atoms with van der Waals surface area (Å²) in [6.07, 6.45) is 4.63. The third-order valence-corrected chi connectivity index (χ3v) is 3.74. The Balaban J connectivity index is 1.95. The van der Waals surface area contributed by atoms with Crippen molar-refractivity contribution in [3.05, 3.63) is 34.8 Å². The first kappa shape index (κ1) is 12.4. The second-order valence-corrected chi connectivity index (χ2v) is 5.43. The Labute approximate surface area is 110 Å². The fraction of sp³-hybridized carbons (Fsp3) is 0.333. The molecule has 0 aliphatic rings. The second-order valence-electron chi connectivity index (χ2n) is 3.83. The van der Waals surface area contributed by atoms with E-state index in [1.54, 1.807) is 29.4 Å². The van der Waals surface area contributed by atoms with Gasteiger partial charge in [0, 0.05) is 12.1 Å². The first-order valence-corrected chi connectivity index (χ1v) is 7.58. The molecule has 0 radical (unpaired) electrons. The topological polar surface area (TPSA) is 37.8 Å². The Morgan fingerprint density at radius 3 is 3.06 bits per heavy atom. The predicted molar refractivity (Wildman–Crippen MR) is 74.9 cm³/mol. The van der Waals surface area contributed by atoms with E-state index in [9.17, 15) is 0 Å². The van der Waals surface area contributed by atoms with Crippen molar-refractivity contribution in [3.8, 4) is 0 Å². The Morgan fingerprint density at radius 1 is 1.47 bits per heavy atom. The maximum Gasteiger partial charge on any atom is 0.130 e. The standard InChI is InChI=1S/C12H15N3S2/c1-9(5-10-3-4-17-7-10)15-11-6-12(16-2)14-8-13-11/h3-4,6-9H,5H2,1-2H3,(H,13,14,15). The molecule has 2 rings (SSSR count). The summed E-state index contributed by atoms with van der Waals surface area (Å²) in [5, 5.41) is 8.68. The minimum atomic E-state index is 0.370. The average Bonchev–Trinajstić information content (AvgIpc) is 2.82. The first-order chi connectivity index (χ1) is 8.28. The molecular weight excluding hydrogens is 250 g/mol. The van der Waals surface area contributed by atoms with E-state index in [4.69, 9.17) is 0 Å². The largest absolute Gasteiger partial charge is 0.367 e. The molecule has 17 heavy (non-hydrogen) atoms. The van der Waals surface area contributed by atoms with Crippen molar-refractivity contribution < 1.29 is 0 Å². The first-order valence-electron chi connectivity index (χ1n) is 5.41. The van der Waals surface area contributed by atoms with Crippen molar-refractivity contribution in [2.24, 2.45) is 0 Å². The smallest absolute Gasteiger partial charge is 0.130 e. The van der Waals surface area contributed by atoms with Gasteiger partial charge < -0.3 is 5.32 Å². The van der Waals surface area contributed by atoms with Crippen molar-refractivity contribution in [3.63, 3.8) is 0 Å². The van der Waals surface area contributed by atoms with Crippen LogP contribution in [0.3, 0.4) is 0 Å². The van der Waals surface area contributed by atoms with E-state index in [-0.39, 0.29) is 0 Å². The summed E-state index contributed by atoms with van der Waals surface area (Å²) in [6, 6.07) is 4.51. The number of anilines is 1. The molecule has 2 aromatic heterocycles. The zero-order valence-corrected chi connectivity index (χ0v) is 11.5. The number of aromatic nitrogens is 2. The van der Waals surface area contributed by atoms with Crippen LogP contribution in [0.5, 0.6) is 0 Å². The zero-order chi connectivity index (χ0) is 12.1. The molecule has 1 N–H and O–H groups in total. The van der Waals surface area contributed by atoms with Crippen LogP contribution in [0.2, 0.25) is 0 Å². The van der Waals surface area contributed by atoms with Crippen molar-refractivity contribution >= 4 is 28.9 Å². The van der Waals surface area contributed by atoms with Gasteiger partial charge in [0.1, 0.15) is 17.2 Å². The highest BCUT2D eigenvalue weighted by molar-refractivity contribution is 7.98. The highest BCUT2D eigenvalue weighted by Crippen LogP contribution is 2.15. The molecular formula is C12H15N3S2. The minimum Gasteiger partial charge on any atom is -0.367 e. The summed E-state index contributed by atoms with van der Waals surface area (Å²) >= 11 is 3.36. The number of hydrogen-bond donors (Lipinski definition) is 1. The maximum absolute atomic E-state index is 4.22. The molecule has 1 atom stereocenters. The van der Waals surface area contributed by atoms with Crippen molar-refractivity contribution in [2.45, 2.75) is 24.4 Å². The summed E-state index contributed by atoms with van der Waals surface area (Å²) < 4.78 is 0. The lowest BCUT2D eigenvalue weighted by Crippen LogP contribution is -2.18. The third kappa shape index (κ3) is 3.71. The quantitative estimate of drug-likeness (QED) is 0.665. The Hall–Kier alpha value is -1.07. The number of hydrogen-bond acceptors (Lipinski definition) is 5. The van der Waals surface area contributed by atoms with Crippen LogP contribution in [0.25, 0.3) is 0 Å². The molecule has 90 valence electrons. The van der Waals surface area contributed by atoms with Gasteiger partial charge in [-0.3, -0.25) is 0 Å². The molecule has 3 nitrogen and oxygen atoms in total. The van der Waals surface area contributed by atoms with E-state index in [2.05, 4.69) is 39.0 Å². The molecule has 0 bridgehead atoms. The third-order valence-electron chi connectivity index (χ3n) is 2.37. The van der Waals surface area contributed by atoms with Crippen molar-refractivity contribution in [1.29, 1.82) is 0 Å². The van der Waals surface area contributed by atoms with Gasteiger partial charge in [0.2, 0.25) is 0 Å². The van der Waals surface area contributed by atoms with E-state index in [0.717, 1.165) is 17.3 Å². The number of thiophene rings is 1. The maximum atomic E-state index is 4.22. The number of nitrogens with zero attached hydrogens (tertiary/aromatic N) is 2. The zero-order valence-electron chi connectivity index (χ0n) is 9.88. The molecule has 2 heterocycles. The van der Waals surface area contributed by atoms with E-state index >= 15 is 0 Å². The summed E-state index contributed by atoms with van der Waals surface area (Å²) in [4.78, 5) is 8.38. The number of thioether (sulfide) groups is 1. The van der Waals surface area contributed by atoms with Gasteiger partial charge in [0.25, 0.3) is 0 Å². The Bertz CT molecular complexity index is 457. The van der Waals surface area contributed by atoms with Crippen molar-refractivity contribution in [2.75, 3.05) is 11.6 Å². The van der Waals surface area contributed by atoms with Gasteiger partial charge in [-0.05, 0) is 42.0 Å². The molecule has 0 fully saturated rings. The van der Waals surface area contributed by atoms with E-state index in [1.807, 2.05) is 12.3 Å². The average molecular weight is 265 g/mol. The molecule has 5 heteroatoms. The lowest BCUT2D eigenvalue weighted by molar-refractivity contribution is 0.784. The normalized spacial score (nSPS) is 12.4. The van der Waals surface area contributed by atoms with Crippen LogP contribution in [0, 0.1) is 0 Å². The van der Waals surface area contributed by atoms with Gasteiger partial charge in [-0.15, -0.1) is 11.8 Å². The van der Waals surface area contributed by atoms with Crippen molar-refractivity contribution in [1.82, 2.24) is 9.97 Å². The lowest BCUT2D eigenvalue weighted by atomic mass is 10.1. The van der Waals surface area contributed by atoms with Gasteiger partial charge in [-0.1, -0.05) is 0 Å². The summed E-state index contributed by atoms with van der Waals surface area (Å²) in [7, 11) is 0. The SMILES string of the molecule is CSc1cc(NC(C)Cc2ccsc2)ncn1. The second kappa shape index (κ2) is 6.02. The monoisotopic (exact) mass is 265 g/mol. The van der Waals surface area contributed by atoms with E-state index < -0.39 is 0 Å². The molecule has 2 aromatic rings. The molecule has 0 aliphatic carbocycles. The molecule has 0 saturated carbocycles. The molecule has 1 unspecified atom stereocenters. The van der Waals surface area contributed by atoms with Crippen LogP contribution >= 0.6 is 23.1 Å². The minimum absolute atomic E-state index is 0.370. The van der Waals surface area contributed by atoms with E-state index in [1.165, 1.54) is 5.56 Å². The van der Waals surface area contributed by atoms with Gasteiger partial charge in [0.05, 0.1) is 0 Å². The summed E-state index contributed by atoms with van der Waals surface area (Å²) in [5.41, 5.74) is 1.37. The molecule has 0 spiro atoms. The lowest BCUT2D eigenvalue weighted by Gasteiger charge is -2.13. The fourth-order valence-corrected chi connectivity index (χ4v) is 2.66. The number of rotatable bonds is 5. The van der Waals surface area contributed by atoms with Crippen LogP contribution in [0.4, 0.5) is 5.82 Å². The molecule has 0 aromatic carbocycles. The van der Waals surface area contributed by atoms with Crippen LogP contribution in [0.15, 0.2) is 34.2 Å². The molecule has 0 saturated heterocycles. The highest BCUT2D eigenvalue weighted by atomic mass is 32.2.